The molecule has 3 nitrogen and oxygen atoms in total. The van der Waals surface area contributed by atoms with Gasteiger partial charge in [0, 0.05) is 0 Å². The predicted molar refractivity (Wildman–Crippen MR) is 59.9 cm³/mol. The zero-order chi connectivity index (χ0) is 14.0. The Bertz CT molecular complexity index is 544. The van der Waals surface area contributed by atoms with Crippen LogP contribution in [0.1, 0.15) is 24.8 Å². The monoisotopic (exact) mass is 271 g/mol. The highest BCUT2D eigenvalue weighted by Gasteiger charge is 2.71. The summed E-state index contributed by atoms with van der Waals surface area (Å²) in [4.78, 5) is 10.9. The molecular formula is C13H12F3NO2. The van der Waals surface area contributed by atoms with Gasteiger partial charge in [-0.3, -0.25) is 4.79 Å². The number of nitrogens with two attached hydrogens (primary N) is 1. The first-order valence-electron chi connectivity index (χ1n) is 5.93. The van der Waals surface area contributed by atoms with Crippen LogP contribution in [-0.2, 0) is 10.2 Å². The van der Waals surface area contributed by atoms with Gasteiger partial charge >= 0.3 is 5.97 Å². The van der Waals surface area contributed by atoms with Crippen LogP contribution in [0.5, 0.6) is 0 Å². The van der Waals surface area contributed by atoms with Gasteiger partial charge in [-0.1, -0.05) is 0 Å². The molecule has 3 aliphatic carbocycles. The first-order chi connectivity index (χ1) is 8.80. The molecule has 3 aliphatic rings. The van der Waals surface area contributed by atoms with Crippen molar-refractivity contribution in [1.82, 2.24) is 0 Å². The Balaban J connectivity index is 1.84. The first kappa shape index (κ1) is 12.5. The van der Waals surface area contributed by atoms with Crippen LogP contribution in [0.2, 0.25) is 0 Å². The summed E-state index contributed by atoms with van der Waals surface area (Å²) in [5.41, 5.74) is 5.11. The number of carbonyl (C=O) groups is 1. The minimum atomic E-state index is -1.48. The van der Waals surface area contributed by atoms with Crippen molar-refractivity contribution in [1.29, 1.82) is 0 Å². The van der Waals surface area contributed by atoms with Gasteiger partial charge in [0.15, 0.2) is 17.5 Å². The quantitative estimate of drug-likeness (QED) is 0.826. The summed E-state index contributed by atoms with van der Waals surface area (Å²) >= 11 is 0. The van der Waals surface area contributed by atoms with Crippen molar-refractivity contribution >= 4 is 5.97 Å². The maximum atomic E-state index is 13.2. The Morgan fingerprint density at radius 3 is 2.11 bits per heavy atom. The topological polar surface area (TPSA) is 63.3 Å². The van der Waals surface area contributed by atoms with E-state index in [1.165, 1.54) is 0 Å². The Hall–Kier alpha value is -1.56. The van der Waals surface area contributed by atoms with E-state index in [0.717, 1.165) is 12.1 Å². The number of benzene rings is 1. The Morgan fingerprint density at radius 2 is 1.68 bits per heavy atom. The largest absolute Gasteiger partial charge is 0.480 e. The smallest absolute Gasteiger partial charge is 0.321 e. The molecule has 4 rings (SSSR count). The molecule has 0 heterocycles. The summed E-state index contributed by atoms with van der Waals surface area (Å²) in [7, 11) is 0. The van der Waals surface area contributed by atoms with Crippen LogP contribution in [0.25, 0.3) is 0 Å². The zero-order valence-electron chi connectivity index (χ0n) is 9.92. The highest BCUT2D eigenvalue weighted by atomic mass is 19.2. The first-order valence-corrected chi connectivity index (χ1v) is 5.93. The SMILES string of the molecule is NC(C(=O)O)C12CC(c3cc(F)c(F)c(F)c3)(C1)C2. The van der Waals surface area contributed by atoms with Crippen LogP contribution >= 0.6 is 0 Å². The Morgan fingerprint density at radius 1 is 1.21 bits per heavy atom. The van der Waals surface area contributed by atoms with Gasteiger partial charge in [-0.15, -0.1) is 0 Å². The lowest BCUT2D eigenvalue weighted by Crippen LogP contribution is -2.72. The summed E-state index contributed by atoms with van der Waals surface area (Å²) in [5, 5.41) is 8.89. The minimum Gasteiger partial charge on any atom is -0.480 e. The van der Waals surface area contributed by atoms with Gasteiger partial charge < -0.3 is 10.8 Å². The number of hydrogen-bond donors (Lipinski definition) is 2. The van der Waals surface area contributed by atoms with Crippen LogP contribution in [0.15, 0.2) is 12.1 Å². The number of hydrogen-bond acceptors (Lipinski definition) is 2. The van der Waals surface area contributed by atoms with Crippen molar-refractivity contribution in [3.05, 3.63) is 35.1 Å². The predicted octanol–water partition coefficient (Wildman–Crippen LogP) is 1.94. The van der Waals surface area contributed by atoms with E-state index >= 15 is 0 Å². The molecule has 1 aromatic carbocycles. The molecule has 1 aromatic rings. The fourth-order valence-corrected chi connectivity index (χ4v) is 3.63. The highest BCUT2D eigenvalue weighted by Crippen LogP contribution is 2.74. The standard InChI is InChI=1S/C13H12F3NO2/c14-7-1-6(2-8(15)9(7)16)12-3-13(4-12,5-12)10(17)11(18)19/h1-2,10H,3-5,17H2,(H,18,19). The van der Waals surface area contributed by atoms with Crippen molar-refractivity contribution in [2.24, 2.45) is 11.1 Å². The maximum Gasteiger partial charge on any atom is 0.321 e. The van der Waals surface area contributed by atoms with E-state index in [0.29, 0.717) is 24.8 Å². The lowest BCUT2D eigenvalue weighted by molar-refractivity contribution is -0.179. The van der Waals surface area contributed by atoms with Crippen molar-refractivity contribution < 1.29 is 23.1 Å². The number of halogens is 3. The molecule has 19 heavy (non-hydrogen) atoms. The molecule has 3 N–H and O–H groups in total. The third kappa shape index (κ3) is 1.46. The van der Waals surface area contributed by atoms with Crippen molar-refractivity contribution in [3.8, 4) is 0 Å². The van der Waals surface area contributed by atoms with Gasteiger partial charge in [0.25, 0.3) is 0 Å². The number of rotatable bonds is 3. The van der Waals surface area contributed by atoms with Crippen molar-refractivity contribution in [3.63, 3.8) is 0 Å². The molecule has 0 radical (unpaired) electrons. The summed E-state index contributed by atoms with van der Waals surface area (Å²) < 4.78 is 39.3. The zero-order valence-corrected chi connectivity index (χ0v) is 9.92. The van der Waals surface area contributed by atoms with Crippen LogP contribution in [0.4, 0.5) is 13.2 Å². The highest BCUT2D eigenvalue weighted by molar-refractivity contribution is 5.75. The summed E-state index contributed by atoms with van der Waals surface area (Å²) in [6.07, 6.45) is 1.45. The molecule has 1 atom stereocenters. The van der Waals surface area contributed by atoms with Gasteiger partial charge in [0.2, 0.25) is 0 Å². The van der Waals surface area contributed by atoms with E-state index in [4.69, 9.17) is 10.8 Å². The molecule has 0 amide bonds. The van der Waals surface area contributed by atoms with Gasteiger partial charge in [-0.25, -0.2) is 13.2 Å². The van der Waals surface area contributed by atoms with Crippen molar-refractivity contribution in [2.75, 3.05) is 0 Å². The molecule has 3 fully saturated rings. The second kappa shape index (κ2) is 3.50. The van der Waals surface area contributed by atoms with Crippen LogP contribution < -0.4 is 5.73 Å². The van der Waals surface area contributed by atoms with Crippen LogP contribution in [-0.4, -0.2) is 17.1 Å². The van der Waals surface area contributed by atoms with E-state index in [2.05, 4.69) is 0 Å². The minimum absolute atomic E-state index is 0.392. The molecule has 0 aliphatic heterocycles. The molecule has 1 unspecified atom stereocenters. The van der Waals surface area contributed by atoms with Gasteiger partial charge in [0.05, 0.1) is 0 Å². The number of aliphatic carboxylic acids is 1. The number of carboxylic acid groups (broad SMARTS) is 1. The fraction of sp³-hybridized carbons (Fsp3) is 0.462. The average molecular weight is 271 g/mol. The van der Waals surface area contributed by atoms with Gasteiger partial charge in [-0.05, 0) is 47.8 Å². The molecule has 6 heteroatoms. The third-order valence-corrected chi connectivity index (χ3v) is 4.59. The fourth-order valence-electron chi connectivity index (χ4n) is 3.63. The van der Waals surface area contributed by atoms with Gasteiger partial charge in [0.1, 0.15) is 6.04 Å². The van der Waals surface area contributed by atoms with Crippen LogP contribution in [0, 0.1) is 22.9 Å². The van der Waals surface area contributed by atoms with Gasteiger partial charge in [-0.2, -0.15) is 0 Å². The van der Waals surface area contributed by atoms with E-state index in [9.17, 15) is 18.0 Å². The third-order valence-electron chi connectivity index (χ3n) is 4.59. The lowest BCUT2D eigenvalue weighted by atomic mass is 9.31. The normalized spacial score (nSPS) is 33.3. The second-order valence-electron chi connectivity index (χ2n) is 5.74. The van der Waals surface area contributed by atoms with Crippen molar-refractivity contribution in [2.45, 2.75) is 30.7 Å². The molecule has 0 saturated heterocycles. The molecule has 0 spiro atoms. The summed E-state index contributed by atoms with van der Waals surface area (Å²) in [6.45, 7) is 0. The summed E-state index contributed by atoms with van der Waals surface area (Å²) in [6, 6.07) is 1.03. The van der Waals surface area contributed by atoms with E-state index in [1.807, 2.05) is 0 Å². The lowest BCUT2D eigenvalue weighted by Gasteiger charge is -2.72. The molecular weight excluding hydrogens is 259 g/mol. The van der Waals surface area contributed by atoms with E-state index in [1.54, 1.807) is 0 Å². The summed E-state index contributed by atoms with van der Waals surface area (Å²) in [5.74, 6) is -4.97. The molecule has 3 saturated carbocycles. The Kier molecular flexibility index (Phi) is 2.30. The Labute approximate surface area is 107 Å². The molecule has 102 valence electrons. The second-order valence-corrected chi connectivity index (χ2v) is 5.74. The van der Waals surface area contributed by atoms with E-state index < -0.39 is 40.3 Å². The molecule has 0 aromatic heterocycles. The maximum absolute atomic E-state index is 13.2. The van der Waals surface area contributed by atoms with Crippen LogP contribution in [0.3, 0.4) is 0 Å². The average Bonchev–Trinajstić information content (AvgIpc) is 2.21. The molecule has 2 bridgehead atoms. The van der Waals surface area contributed by atoms with E-state index in [-0.39, 0.29) is 0 Å². The number of carboxylic acids is 1.